The Hall–Kier alpha value is -3.35. The highest BCUT2D eigenvalue weighted by Crippen LogP contribution is 2.44. The van der Waals surface area contributed by atoms with Crippen LogP contribution in [-0.4, -0.2) is 69.2 Å². The van der Waals surface area contributed by atoms with E-state index in [1.807, 2.05) is 4.90 Å². The number of imide groups is 1. The zero-order valence-corrected chi connectivity index (χ0v) is 14.1. The number of hydrogen-bond donors (Lipinski definition) is 1. The first-order valence-corrected chi connectivity index (χ1v) is 8.48. The fourth-order valence-corrected chi connectivity index (χ4v) is 4.69. The van der Waals surface area contributed by atoms with Crippen molar-refractivity contribution in [2.75, 3.05) is 24.7 Å². The fourth-order valence-electron chi connectivity index (χ4n) is 4.69. The normalized spacial score (nSPS) is 31.4. The summed E-state index contributed by atoms with van der Waals surface area (Å²) in [7, 11) is 0. The summed E-state index contributed by atoms with van der Waals surface area (Å²) in [5.41, 5.74) is 1.09. The lowest BCUT2D eigenvalue weighted by molar-refractivity contribution is -0.853. The number of aromatic nitrogens is 1. The van der Waals surface area contributed by atoms with E-state index in [0.29, 0.717) is 28.7 Å². The van der Waals surface area contributed by atoms with Gasteiger partial charge in [0.25, 0.3) is 5.91 Å². The lowest BCUT2D eigenvalue weighted by Gasteiger charge is -2.31. The van der Waals surface area contributed by atoms with Gasteiger partial charge in [-0.05, 0) is 24.3 Å². The summed E-state index contributed by atoms with van der Waals surface area (Å²) < 4.78 is -0.379. The molecule has 4 heterocycles. The van der Waals surface area contributed by atoms with E-state index in [-0.39, 0.29) is 17.7 Å². The molecule has 4 atom stereocenters. The maximum absolute atomic E-state index is 13.4. The first kappa shape index (κ1) is 15.9. The average molecular weight is 364 g/mol. The van der Waals surface area contributed by atoms with Gasteiger partial charge in [-0.1, -0.05) is 0 Å². The number of piperazine rings is 1. The Labute approximate surface area is 153 Å². The van der Waals surface area contributed by atoms with E-state index in [1.165, 1.54) is 6.07 Å². The summed E-state index contributed by atoms with van der Waals surface area (Å²) in [6.45, 7) is 0.862. The maximum atomic E-state index is 13.4. The smallest absolute Gasteiger partial charge is 0.433 e. The van der Waals surface area contributed by atoms with Crippen LogP contribution in [0.3, 0.4) is 0 Å². The molecule has 2 aromatic rings. The molecule has 3 fully saturated rings. The van der Waals surface area contributed by atoms with Crippen molar-refractivity contribution in [2.24, 2.45) is 0 Å². The largest absolute Gasteiger partial charge is 0.477 e. The van der Waals surface area contributed by atoms with Crippen LogP contribution in [0.2, 0.25) is 0 Å². The van der Waals surface area contributed by atoms with E-state index in [9.17, 15) is 24.8 Å². The Morgan fingerprint density at radius 3 is 2.85 bits per heavy atom. The molecule has 134 valence electrons. The molecule has 3 aliphatic rings. The highest BCUT2D eigenvalue weighted by Gasteiger charge is 2.73. The van der Waals surface area contributed by atoms with Crippen LogP contribution in [0.1, 0.15) is 5.56 Å². The molecule has 1 spiro atoms. The minimum Gasteiger partial charge on any atom is -0.477 e. The Kier molecular flexibility index (Phi) is 2.99. The Bertz CT molecular complexity index is 1090. The molecule has 9 heteroatoms. The van der Waals surface area contributed by atoms with Gasteiger partial charge in [0.2, 0.25) is 6.04 Å². The number of fused-ring (bicyclic) bond motifs is 2. The third-order valence-corrected chi connectivity index (χ3v) is 5.85. The van der Waals surface area contributed by atoms with Crippen molar-refractivity contribution in [2.45, 2.75) is 12.1 Å². The molecule has 3 saturated heterocycles. The van der Waals surface area contributed by atoms with Gasteiger partial charge in [0.15, 0.2) is 6.04 Å². The lowest BCUT2D eigenvalue weighted by atomic mass is 10.1. The number of anilines is 1. The van der Waals surface area contributed by atoms with Gasteiger partial charge in [-0.15, -0.1) is 0 Å². The SMILES string of the molecule is N#Cc1ccc(N2C(=O)C3CN4CC(C(=O)O)[N+]3(C4)C2=O)c2cccnc12. The summed E-state index contributed by atoms with van der Waals surface area (Å²) >= 11 is 0. The van der Waals surface area contributed by atoms with E-state index >= 15 is 0 Å². The van der Waals surface area contributed by atoms with E-state index in [1.54, 1.807) is 24.4 Å². The number of urea groups is 1. The summed E-state index contributed by atoms with van der Waals surface area (Å²) in [4.78, 5) is 45.4. The number of carboxylic acids is 1. The molecule has 2 bridgehead atoms. The molecular weight excluding hydrogens is 350 g/mol. The van der Waals surface area contributed by atoms with E-state index in [4.69, 9.17) is 0 Å². The highest BCUT2D eigenvalue weighted by molar-refractivity contribution is 6.22. The van der Waals surface area contributed by atoms with Crippen LogP contribution in [0, 0.1) is 11.3 Å². The molecule has 4 unspecified atom stereocenters. The molecule has 9 nitrogen and oxygen atoms in total. The van der Waals surface area contributed by atoms with Gasteiger partial charge >= 0.3 is 12.0 Å². The number of benzene rings is 1. The number of carboxylic acid groups (broad SMARTS) is 1. The number of nitrogens with zero attached hydrogens (tertiary/aromatic N) is 5. The van der Waals surface area contributed by atoms with Crippen LogP contribution in [0.25, 0.3) is 10.9 Å². The molecule has 0 aliphatic carbocycles. The molecule has 5 rings (SSSR count). The Morgan fingerprint density at radius 2 is 2.11 bits per heavy atom. The van der Waals surface area contributed by atoms with Crippen LogP contribution >= 0.6 is 0 Å². The van der Waals surface area contributed by atoms with Gasteiger partial charge in [-0.3, -0.25) is 9.78 Å². The minimum atomic E-state index is -1.07. The highest BCUT2D eigenvalue weighted by atomic mass is 16.4. The third-order valence-electron chi connectivity index (χ3n) is 5.85. The van der Waals surface area contributed by atoms with Crippen LogP contribution in [0.5, 0.6) is 0 Å². The van der Waals surface area contributed by atoms with Crippen molar-refractivity contribution in [1.82, 2.24) is 9.88 Å². The molecule has 1 N–H and O–H groups in total. The number of carbonyl (C=O) groups excluding carboxylic acids is 2. The Balaban J connectivity index is 1.70. The number of quaternary nitrogens is 1. The number of hydrogen-bond acceptors (Lipinski definition) is 6. The molecular formula is C18H14N5O4+. The third kappa shape index (κ3) is 1.78. The summed E-state index contributed by atoms with van der Waals surface area (Å²) in [6.07, 6.45) is 1.54. The predicted octanol–water partition coefficient (Wildman–Crippen LogP) is 0.498. The monoisotopic (exact) mass is 364 g/mol. The molecule has 1 aromatic carbocycles. The molecule has 3 amide bonds. The second kappa shape index (κ2) is 5.09. The first-order chi connectivity index (χ1) is 13.0. The van der Waals surface area contributed by atoms with Crippen molar-refractivity contribution in [1.29, 1.82) is 5.26 Å². The Morgan fingerprint density at radius 1 is 1.30 bits per heavy atom. The zero-order valence-electron chi connectivity index (χ0n) is 14.1. The van der Waals surface area contributed by atoms with Gasteiger partial charge in [-0.25, -0.2) is 19.0 Å². The maximum Gasteiger partial charge on any atom is 0.433 e. The van der Waals surface area contributed by atoms with Gasteiger partial charge in [0.05, 0.1) is 29.9 Å². The number of carbonyl (C=O) groups is 3. The number of pyridine rings is 1. The summed E-state index contributed by atoms with van der Waals surface area (Å²) in [6, 6.07) is 6.33. The topological polar surface area (TPSA) is 115 Å². The minimum absolute atomic E-state index is 0.231. The van der Waals surface area contributed by atoms with Crippen molar-refractivity contribution in [3.8, 4) is 6.07 Å². The van der Waals surface area contributed by atoms with Crippen molar-refractivity contribution >= 4 is 34.5 Å². The molecule has 0 saturated carbocycles. The number of nitriles is 1. The summed E-state index contributed by atoms with van der Waals surface area (Å²) in [5, 5.41) is 19.4. The quantitative estimate of drug-likeness (QED) is 0.609. The lowest BCUT2D eigenvalue weighted by Crippen LogP contribution is -2.62. The summed E-state index contributed by atoms with van der Waals surface area (Å²) in [5.74, 6) is -1.47. The van der Waals surface area contributed by atoms with Gasteiger partial charge in [0.1, 0.15) is 12.7 Å². The van der Waals surface area contributed by atoms with Crippen LogP contribution in [0.4, 0.5) is 10.5 Å². The molecule has 27 heavy (non-hydrogen) atoms. The molecule has 1 aromatic heterocycles. The number of amides is 3. The van der Waals surface area contributed by atoms with Crippen molar-refractivity contribution in [3.63, 3.8) is 0 Å². The van der Waals surface area contributed by atoms with Gasteiger partial charge in [0, 0.05) is 11.6 Å². The second-order valence-electron chi connectivity index (χ2n) is 7.08. The van der Waals surface area contributed by atoms with E-state index in [0.717, 1.165) is 4.90 Å². The average Bonchev–Trinajstić information content (AvgIpc) is 3.30. The van der Waals surface area contributed by atoms with Gasteiger partial charge < -0.3 is 5.11 Å². The zero-order chi connectivity index (χ0) is 18.9. The first-order valence-electron chi connectivity index (χ1n) is 8.48. The van der Waals surface area contributed by atoms with Crippen LogP contribution in [-0.2, 0) is 9.59 Å². The van der Waals surface area contributed by atoms with Crippen molar-refractivity contribution < 1.29 is 24.0 Å². The molecule has 3 aliphatic heterocycles. The number of rotatable bonds is 2. The second-order valence-corrected chi connectivity index (χ2v) is 7.08. The predicted molar refractivity (Wildman–Crippen MR) is 91.3 cm³/mol. The van der Waals surface area contributed by atoms with Gasteiger partial charge in [-0.2, -0.15) is 10.2 Å². The van der Waals surface area contributed by atoms with Crippen LogP contribution < -0.4 is 4.90 Å². The molecule has 0 radical (unpaired) electrons. The van der Waals surface area contributed by atoms with Crippen LogP contribution in [0.15, 0.2) is 30.5 Å². The van der Waals surface area contributed by atoms with E-state index in [2.05, 4.69) is 11.1 Å². The fraction of sp³-hybridized carbons (Fsp3) is 0.278. The van der Waals surface area contributed by atoms with Crippen molar-refractivity contribution in [3.05, 3.63) is 36.0 Å². The standard InChI is InChI=1S/C18H13N5O4/c19-6-10-3-4-12(11-2-1-5-20-15(10)11)22-16(24)13-7-21-8-14(17(25)26)23(13,9-21)18(22)27/h1-5,13-14H,7-9H2/p+1. The number of aliphatic carboxylic acids is 1. The van der Waals surface area contributed by atoms with E-state index < -0.39 is 30.0 Å².